The van der Waals surface area contributed by atoms with Gasteiger partial charge in [0.1, 0.15) is 11.5 Å². The lowest BCUT2D eigenvalue weighted by molar-refractivity contribution is -0.139. The van der Waals surface area contributed by atoms with Gasteiger partial charge in [-0.15, -0.1) is 0 Å². The zero-order valence-electron chi connectivity index (χ0n) is 21.4. The fourth-order valence-electron chi connectivity index (χ4n) is 4.48. The number of Topliss-reactive ketones (excluding diaryl/α,β-unsaturated/α-hetero) is 1. The number of ketones is 1. The number of rotatable bonds is 10. The lowest BCUT2D eigenvalue weighted by Gasteiger charge is -2.27. The average Bonchev–Trinajstić information content (AvgIpc) is 3.11. The van der Waals surface area contributed by atoms with E-state index < -0.39 is 17.7 Å². The van der Waals surface area contributed by atoms with Crippen LogP contribution in [-0.4, -0.2) is 49.1 Å². The fourth-order valence-corrected chi connectivity index (χ4v) is 4.48. The van der Waals surface area contributed by atoms with Gasteiger partial charge < -0.3 is 24.2 Å². The normalized spacial score (nSPS) is 17.2. The van der Waals surface area contributed by atoms with Crippen molar-refractivity contribution in [3.05, 3.63) is 58.7 Å². The Labute approximate surface area is 207 Å². The minimum atomic E-state index is -0.805. The van der Waals surface area contributed by atoms with Crippen LogP contribution in [0, 0.1) is 0 Å². The van der Waals surface area contributed by atoms with Crippen LogP contribution in [-0.2, 0) is 9.59 Å². The molecule has 1 saturated heterocycles. The summed E-state index contributed by atoms with van der Waals surface area (Å²) in [7, 11) is 3.05. The van der Waals surface area contributed by atoms with Gasteiger partial charge in [0.15, 0.2) is 11.5 Å². The van der Waals surface area contributed by atoms with Crippen molar-refractivity contribution in [2.75, 3.05) is 27.4 Å². The van der Waals surface area contributed by atoms with Crippen molar-refractivity contribution in [1.29, 1.82) is 0 Å². The van der Waals surface area contributed by atoms with Gasteiger partial charge in [-0.3, -0.25) is 9.59 Å². The molecule has 7 nitrogen and oxygen atoms in total. The molecular weight excluding hydrogens is 446 g/mol. The number of unbranched alkanes of at least 4 members (excludes halogenated alkanes) is 1. The number of amides is 1. The maximum atomic E-state index is 13.3. The molecule has 1 aliphatic rings. The summed E-state index contributed by atoms with van der Waals surface area (Å²) in [6, 6.07) is 9.85. The van der Waals surface area contributed by atoms with Gasteiger partial charge in [-0.25, -0.2) is 0 Å². The summed E-state index contributed by atoms with van der Waals surface area (Å²) in [5.41, 5.74) is 1.99. The Balaban J connectivity index is 2.26. The van der Waals surface area contributed by atoms with Gasteiger partial charge in [0.25, 0.3) is 11.7 Å². The highest BCUT2D eigenvalue weighted by Crippen LogP contribution is 2.46. The molecule has 2 aromatic carbocycles. The molecule has 7 heteroatoms. The van der Waals surface area contributed by atoms with Crippen LogP contribution in [0.5, 0.6) is 17.2 Å². The van der Waals surface area contributed by atoms with E-state index in [1.165, 1.54) is 19.1 Å². The Kier molecular flexibility index (Phi) is 8.43. The van der Waals surface area contributed by atoms with Crippen molar-refractivity contribution in [3.63, 3.8) is 0 Å². The zero-order valence-corrected chi connectivity index (χ0v) is 21.4. The summed E-state index contributed by atoms with van der Waals surface area (Å²) >= 11 is 0. The fraction of sp³-hybridized carbons (Fsp3) is 0.429. The van der Waals surface area contributed by atoms with Crippen molar-refractivity contribution in [2.45, 2.75) is 52.5 Å². The molecule has 0 aliphatic carbocycles. The van der Waals surface area contributed by atoms with E-state index in [2.05, 4.69) is 0 Å². The van der Waals surface area contributed by atoms with E-state index in [9.17, 15) is 14.7 Å². The van der Waals surface area contributed by atoms with Gasteiger partial charge in [0, 0.05) is 17.7 Å². The Morgan fingerprint density at radius 2 is 1.80 bits per heavy atom. The minimum Gasteiger partial charge on any atom is -0.507 e. The smallest absolute Gasteiger partial charge is 0.295 e. The van der Waals surface area contributed by atoms with Gasteiger partial charge in [-0.1, -0.05) is 39.3 Å². The molecule has 0 saturated carbocycles. The number of nitrogens with zero attached hydrogens (tertiary/aromatic N) is 1. The van der Waals surface area contributed by atoms with Crippen LogP contribution in [0.15, 0.2) is 42.0 Å². The molecule has 1 heterocycles. The number of para-hydroxylation sites is 1. The molecule has 188 valence electrons. The number of carbonyl (C=O) groups excluding carboxylic acids is 2. The molecule has 0 bridgehead atoms. The maximum Gasteiger partial charge on any atom is 0.295 e. The predicted molar refractivity (Wildman–Crippen MR) is 135 cm³/mol. The predicted octanol–water partition coefficient (Wildman–Crippen LogP) is 5.45. The van der Waals surface area contributed by atoms with Crippen LogP contribution in [0.2, 0.25) is 0 Å². The molecule has 0 spiro atoms. The summed E-state index contributed by atoms with van der Waals surface area (Å²) in [5.74, 6) is 0.192. The molecule has 0 aromatic heterocycles. The van der Waals surface area contributed by atoms with Crippen molar-refractivity contribution < 1.29 is 28.9 Å². The summed E-state index contributed by atoms with van der Waals surface area (Å²) in [6.45, 7) is 8.90. The van der Waals surface area contributed by atoms with E-state index >= 15 is 0 Å². The largest absolute Gasteiger partial charge is 0.507 e. The first-order chi connectivity index (χ1) is 16.8. The molecule has 0 radical (unpaired) electrons. The Hall–Kier alpha value is -3.48. The van der Waals surface area contributed by atoms with E-state index in [4.69, 9.17) is 14.2 Å². The lowest BCUT2D eigenvalue weighted by Crippen LogP contribution is -2.30. The van der Waals surface area contributed by atoms with Gasteiger partial charge >= 0.3 is 0 Å². The number of carbonyl (C=O) groups is 2. The quantitative estimate of drug-likeness (QED) is 0.276. The van der Waals surface area contributed by atoms with Crippen molar-refractivity contribution in [3.8, 4) is 17.2 Å². The SMILES string of the molecule is CCCCN1C(=O)C(=O)/C(=C(/O)c2ccc(OCC)c(C(C)C)c2)C1c1cccc(OC)c1OC. The van der Waals surface area contributed by atoms with Crippen LogP contribution in [0.3, 0.4) is 0 Å². The highest BCUT2D eigenvalue weighted by atomic mass is 16.5. The van der Waals surface area contributed by atoms with E-state index in [0.717, 1.165) is 24.2 Å². The van der Waals surface area contributed by atoms with E-state index in [1.807, 2.05) is 33.8 Å². The summed E-state index contributed by atoms with van der Waals surface area (Å²) in [4.78, 5) is 28.0. The minimum absolute atomic E-state index is 0.0384. The number of likely N-dealkylation sites (tertiary alicyclic amines) is 1. The number of aliphatic hydroxyl groups excluding tert-OH is 1. The van der Waals surface area contributed by atoms with Crippen LogP contribution < -0.4 is 14.2 Å². The molecule has 1 aliphatic heterocycles. The molecular formula is C28H35NO6. The van der Waals surface area contributed by atoms with E-state index in [1.54, 1.807) is 30.3 Å². The van der Waals surface area contributed by atoms with Gasteiger partial charge in [0.2, 0.25) is 0 Å². The third-order valence-electron chi connectivity index (χ3n) is 6.23. The lowest BCUT2D eigenvalue weighted by atomic mass is 9.92. The third kappa shape index (κ3) is 4.99. The second-order valence-electron chi connectivity index (χ2n) is 8.77. The molecule has 2 aromatic rings. The van der Waals surface area contributed by atoms with Gasteiger partial charge in [0.05, 0.1) is 32.4 Å². The van der Waals surface area contributed by atoms with Crippen LogP contribution in [0.25, 0.3) is 5.76 Å². The number of benzene rings is 2. The van der Waals surface area contributed by atoms with E-state index in [0.29, 0.717) is 35.8 Å². The third-order valence-corrected chi connectivity index (χ3v) is 6.23. The van der Waals surface area contributed by atoms with Crippen LogP contribution in [0.4, 0.5) is 0 Å². The highest BCUT2D eigenvalue weighted by molar-refractivity contribution is 6.46. The Bertz CT molecular complexity index is 1120. The Morgan fingerprint density at radius 3 is 2.40 bits per heavy atom. The first-order valence-electron chi connectivity index (χ1n) is 12.1. The van der Waals surface area contributed by atoms with Gasteiger partial charge in [-0.2, -0.15) is 0 Å². The summed E-state index contributed by atoms with van der Waals surface area (Å²) in [6.07, 6.45) is 1.57. The maximum absolute atomic E-state index is 13.3. The zero-order chi connectivity index (χ0) is 25.7. The highest BCUT2D eigenvalue weighted by Gasteiger charge is 2.47. The van der Waals surface area contributed by atoms with Crippen LogP contribution >= 0.6 is 0 Å². The van der Waals surface area contributed by atoms with E-state index in [-0.39, 0.29) is 17.3 Å². The van der Waals surface area contributed by atoms with Crippen molar-refractivity contribution >= 4 is 17.4 Å². The second-order valence-corrected chi connectivity index (χ2v) is 8.77. The number of ether oxygens (including phenoxy) is 3. The first-order valence-corrected chi connectivity index (χ1v) is 12.1. The molecule has 3 rings (SSSR count). The first kappa shape index (κ1) is 26.1. The summed E-state index contributed by atoms with van der Waals surface area (Å²) < 4.78 is 16.8. The number of aliphatic hydroxyl groups is 1. The van der Waals surface area contributed by atoms with Crippen molar-refractivity contribution in [2.24, 2.45) is 0 Å². The Morgan fingerprint density at radius 1 is 1.06 bits per heavy atom. The average molecular weight is 482 g/mol. The standard InChI is InChI=1S/C28H35NO6/c1-7-9-15-29-24(19-11-10-12-22(33-5)27(19)34-6)23(26(31)28(29)32)25(30)18-13-14-21(35-8-2)20(16-18)17(3)4/h10-14,16-17,24,30H,7-9,15H2,1-6H3/b25-23+. The number of methoxy groups -OCH3 is 2. The van der Waals surface area contributed by atoms with Crippen LogP contribution in [0.1, 0.15) is 69.2 Å². The topological polar surface area (TPSA) is 85.3 Å². The molecule has 1 unspecified atom stereocenters. The number of hydrogen-bond donors (Lipinski definition) is 1. The molecule has 1 atom stereocenters. The molecule has 1 N–H and O–H groups in total. The molecule has 35 heavy (non-hydrogen) atoms. The number of hydrogen-bond acceptors (Lipinski definition) is 6. The molecule has 1 amide bonds. The second kappa shape index (κ2) is 11.3. The van der Waals surface area contributed by atoms with Crippen molar-refractivity contribution in [1.82, 2.24) is 4.90 Å². The summed E-state index contributed by atoms with van der Waals surface area (Å²) in [5, 5.41) is 11.5. The van der Waals surface area contributed by atoms with Gasteiger partial charge in [-0.05, 0) is 49.1 Å². The monoisotopic (exact) mass is 481 g/mol. The molecule has 1 fully saturated rings.